The van der Waals surface area contributed by atoms with Gasteiger partial charge in [0, 0.05) is 22.4 Å². The molecule has 4 aromatic rings. The standard InChI is InChI=1S/C31H26ClNO6/c32-24-7-5-21-6-9-25(33-27(21)18-24)8-4-20-2-1-3-23(16-20)31(38-14-15-39-31)11-10-22-17-28-29(37-13-12-36-28)19-26(22)30(34)35/h1-9,16-19H,10-15H2,(H,34,35)/b8-4+. The summed E-state index contributed by atoms with van der Waals surface area (Å²) in [5, 5.41) is 11.5. The Bertz CT molecular complexity index is 1580. The molecule has 2 aliphatic rings. The van der Waals surface area contributed by atoms with Crippen molar-refractivity contribution in [3.8, 4) is 11.5 Å². The quantitative estimate of drug-likeness (QED) is 0.290. The highest BCUT2D eigenvalue weighted by Gasteiger charge is 2.38. The van der Waals surface area contributed by atoms with E-state index in [0.29, 0.717) is 61.4 Å². The SMILES string of the molecule is O=C(O)c1cc2c(cc1CCC1(c3cccc(/C=C/c4ccc5ccc(Cl)cc5n4)c3)OCCO1)OCCO2. The first-order valence-electron chi connectivity index (χ1n) is 12.8. The van der Waals surface area contributed by atoms with Gasteiger partial charge in [-0.3, -0.25) is 0 Å². The molecule has 6 rings (SSSR count). The molecule has 7 nitrogen and oxygen atoms in total. The predicted molar refractivity (Wildman–Crippen MR) is 148 cm³/mol. The molecule has 0 bridgehead atoms. The third-order valence-electron chi connectivity index (χ3n) is 6.92. The van der Waals surface area contributed by atoms with Crippen molar-refractivity contribution in [2.45, 2.75) is 18.6 Å². The molecule has 1 saturated heterocycles. The molecular weight excluding hydrogens is 518 g/mol. The van der Waals surface area contributed by atoms with Gasteiger partial charge in [-0.15, -0.1) is 0 Å². The summed E-state index contributed by atoms with van der Waals surface area (Å²) in [5.41, 5.74) is 4.32. The molecule has 0 unspecified atom stereocenters. The molecule has 198 valence electrons. The number of aromatic nitrogens is 1. The molecule has 0 atom stereocenters. The van der Waals surface area contributed by atoms with E-state index >= 15 is 0 Å². The Balaban J connectivity index is 1.25. The van der Waals surface area contributed by atoms with Gasteiger partial charge in [0.05, 0.1) is 30.0 Å². The summed E-state index contributed by atoms with van der Waals surface area (Å²) >= 11 is 6.13. The number of pyridine rings is 1. The second kappa shape index (κ2) is 10.7. The monoisotopic (exact) mass is 543 g/mol. The van der Waals surface area contributed by atoms with Crippen molar-refractivity contribution in [2.24, 2.45) is 0 Å². The summed E-state index contributed by atoms with van der Waals surface area (Å²) in [7, 11) is 0. The minimum atomic E-state index is -1.01. The van der Waals surface area contributed by atoms with E-state index in [-0.39, 0.29) is 5.56 Å². The van der Waals surface area contributed by atoms with Crippen LogP contribution in [0, 0.1) is 0 Å². The van der Waals surface area contributed by atoms with Crippen LogP contribution < -0.4 is 9.47 Å². The number of carboxylic acids is 1. The molecule has 0 aliphatic carbocycles. The van der Waals surface area contributed by atoms with E-state index in [1.165, 1.54) is 6.07 Å². The van der Waals surface area contributed by atoms with E-state index in [9.17, 15) is 9.90 Å². The molecule has 0 radical (unpaired) electrons. The van der Waals surface area contributed by atoms with Crippen molar-refractivity contribution >= 4 is 40.6 Å². The van der Waals surface area contributed by atoms with Crippen LogP contribution in [0.1, 0.15) is 39.2 Å². The van der Waals surface area contributed by atoms with Gasteiger partial charge in [0.2, 0.25) is 0 Å². The number of ether oxygens (including phenoxy) is 4. The molecular formula is C31H26ClNO6. The Morgan fingerprint density at radius 3 is 2.49 bits per heavy atom. The van der Waals surface area contributed by atoms with Gasteiger partial charge in [0.1, 0.15) is 13.2 Å². The van der Waals surface area contributed by atoms with Crippen molar-refractivity contribution in [3.05, 3.63) is 99.7 Å². The third kappa shape index (κ3) is 5.34. The average Bonchev–Trinajstić information content (AvgIpc) is 3.44. The Hall–Kier alpha value is -3.91. The number of halogens is 1. The van der Waals surface area contributed by atoms with E-state index in [4.69, 9.17) is 35.5 Å². The molecule has 8 heteroatoms. The van der Waals surface area contributed by atoms with Crippen LogP contribution in [0.25, 0.3) is 23.1 Å². The molecule has 1 fully saturated rings. The minimum absolute atomic E-state index is 0.188. The molecule has 1 aromatic heterocycles. The summed E-state index contributed by atoms with van der Waals surface area (Å²) in [6, 6.07) is 20.9. The lowest BCUT2D eigenvalue weighted by Gasteiger charge is -2.29. The molecule has 1 N–H and O–H groups in total. The first-order valence-corrected chi connectivity index (χ1v) is 13.2. The zero-order valence-electron chi connectivity index (χ0n) is 21.1. The number of aromatic carboxylic acids is 1. The number of fused-ring (bicyclic) bond motifs is 2. The lowest BCUT2D eigenvalue weighted by atomic mass is 9.94. The number of rotatable bonds is 7. The highest BCUT2D eigenvalue weighted by atomic mass is 35.5. The topological polar surface area (TPSA) is 87.1 Å². The maximum atomic E-state index is 12.0. The van der Waals surface area contributed by atoms with E-state index in [1.54, 1.807) is 6.07 Å². The van der Waals surface area contributed by atoms with E-state index in [1.807, 2.05) is 66.7 Å². The second-order valence-electron chi connectivity index (χ2n) is 9.44. The molecule has 3 aromatic carbocycles. The number of benzene rings is 3. The number of aryl methyl sites for hydroxylation is 1. The van der Waals surface area contributed by atoms with E-state index in [0.717, 1.165) is 27.7 Å². The largest absolute Gasteiger partial charge is 0.486 e. The fraction of sp³-hybridized carbons (Fsp3) is 0.226. The summed E-state index contributed by atoms with van der Waals surface area (Å²) < 4.78 is 23.6. The van der Waals surface area contributed by atoms with Crippen molar-refractivity contribution in [2.75, 3.05) is 26.4 Å². The molecule has 0 saturated carbocycles. The number of carboxylic acid groups (broad SMARTS) is 1. The zero-order valence-corrected chi connectivity index (χ0v) is 21.8. The first-order chi connectivity index (χ1) is 19.0. The van der Waals surface area contributed by atoms with Gasteiger partial charge in [-0.05, 0) is 60.0 Å². The third-order valence-corrected chi connectivity index (χ3v) is 7.16. The van der Waals surface area contributed by atoms with Crippen LogP contribution in [0.2, 0.25) is 5.02 Å². The Morgan fingerprint density at radius 2 is 1.69 bits per heavy atom. The van der Waals surface area contributed by atoms with Gasteiger partial charge in [-0.1, -0.05) is 48.0 Å². The Kier molecular flexibility index (Phi) is 6.95. The molecule has 0 spiro atoms. The van der Waals surface area contributed by atoms with Crippen molar-refractivity contribution in [1.82, 2.24) is 4.98 Å². The lowest BCUT2D eigenvalue weighted by molar-refractivity contribution is -0.170. The molecule has 39 heavy (non-hydrogen) atoms. The van der Waals surface area contributed by atoms with Crippen LogP contribution in [0.5, 0.6) is 11.5 Å². The summed E-state index contributed by atoms with van der Waals surface area (Å²) in [6.07, 6.45) is 4.81. The predicted octanol–water partition coefficient (Wildman–Crippen LogP) is 6.36. The van der Waals surface area contributed by atoms with Crippen LogP contribution in [0.4, 0.5) is 0 Å². The second-order valence-corrected chi connectivity index (χ2v) is 9.88. The number of hydrogen-bond acceptors (Lipinski definition) is 6. The fourth-order valence-corrected chi connectivity index (χ4v) is 5.17. The Labute approximate surface area is 230 Å². The zero-order chi connectivity index (χ0) is 26.8. The fourth-order valence-electron chi connectivity index (χ4n) is 5.01. The number of nitrogens with zero attached hydrogens (tertiary/aromatic N) is 1. The number of hydrogen-bond donors (Lipinski definition) is 1. The maximum absolute atomic E-state index is 12.0. The van der Waals surface area contributed by atoms with Crippen LogP contribution in [0.3, 0.4) is 0 Å². The summed E-state index contributed by atoms with van der Waals surface area (Å²) in [6.45, 7) is 1.73. The van der Waals surface area contributed by atoms with Crippen molar-refractivity contribution in [3.63, 3.8) is 0 Å². The van der Waals surface area contributed by atoms with Crippen molar-refractivity contribution in [1.29, 1.82) is 0 Å². The highest BCUT2D eigenvalue weighted by Crippen LogP contribution is 2.39. The molecule has 3 heterocycles. The van der Waals surface area contributed by atoms with Crippen molar-refractivity contribution < 1.29 is 28.8 Å². The van der Waals surface area contributed by atoms with Crippen LogP contribution in [-0.4, -0.2) is 42.5 Å². The minimum Gasteiger partial charge on any atom is -0.486 e. The first kappa shape index (κ1) is 25.4. The molecule has 0 amide bonds. The van der Waals surface area contributed by atoms with Gasteiger partial charge in [-0.2, -0.15) is 0 Å². The Morgan fingerprint density at radius 1 is 0.923 bits per heavy atom. The normalized spacial score (nSPS) is 16.1. The maximum Gasteiger partial charge on any atom is 0.336 e. The van der Waals surface area contributed by atoms with Gasteiger partial charge in [0.25, 0.3) is 0 Å². The summed E-state index contributed by atoms with van der Waals surface area (Å²) in [4.78, 5) is 16.7. The summed E-state index contributed by atoms with van der Waals surface area (Å²) in [5.74, 6) is -0.986. The highest BCUT2D eigenvalue weighted by molar-refractivity contribution is 6.31. The average molecular weight is 544 g/mol. The van der Waals surface area contributed by atoms with E-state index in [2.05, 4.69) is 0 Å². The van der Waals surface area contributed by atoms with E-state index < -0.39 is 11.8 Å². The molecule has 2 aliphatic heterocycles. The van der Waals surface area contributed by atoms with Gasteiger partial charge >= 0.3 is 5.97 Å². The van der Waals surface area contributed by atoms with Crippen LogP contribution in [0.15, 0.2) is 66.7 Å². The van der Waals surface area contributed by atoms with Gasteiger partial charge < -0.3 is 24.1 Å². The van der Waals surface area contributed by atoms with Gasteiger partial charge in [-0.25, -0.2) is 9.78 Å². The van der Waals surface area contributed by atoms with Crippen LogP contribution in [-0.2, 0) is 21.7 Å². The van der Waals surface area contributed by atoms with Crippen LogP contribution >= 0.6 is 11.6 Å². The van der Waals surface area contributed by atoms with Gasteiger partial charge in [0.15, 0.2) is 17.3 Å². The smallest absolute Gasteiger partial charge is 0.336 e. The lowest BCUT2D eigenvalue weighted by Crippen LogP contribution is -2.28. The number of carbonyl (C=O) groups is 1.